The summed E-state index contributed by atoms with van der Waals surface area (Å²) in [5.41, 5.74) is 0.532. The van der Waals surface area contributed by atoms with E-state index in [1.165, 1.54) is 13.2 Å². The first-order chi connectivity index (χ1) is 11.5. The lowest BCUT2D eigenvalue weighted by Gasteiger charge is -2.14. The van der Waals surface area contributed by atoms with E-state index >= 15 is 0 Å². The number of ether oxygens (including phenoxy) is 1. The van der Waals surface area contributed by atoms with Gasteiger partial charge in [-0.1, -0.05) is 24.3 Å². The molecule has 0 unspecified atom stereocenters. The molecule has 3 rings (SSSR count). The Balaban J connectivity index is 1.91. The number of carbonyl (C=O) groups excluding carboxylic acids is 1. The van der Waals surface area contributed by atoms with Crippen molar-refractivity contribution in [3.8, 4) is 5.75 Å². The molecule has 0 spiro atoms. The number of sulfonamides is 1. The second-order valence-corrected chi connectivity index (χ2v) is 7.20. The lowest BCUT2D eigenvalue weighted by Crippen LogP contribution is -2.27. The highest BCUT2D eigenvalue weighted by Crippen LogP contribution is 2.27. The first-order valence-electron chi connectivity index (χ1n) is 7.57. The van der Waals surface area contributed by atoms with E-state index in [4.69, 9.17) is 4.74 Å². The number of hydrogen-bond donors (Lipinski definition) is 2. The van der Waals surface area contributed by atoms with Crippen LogP contribution in [0.25, 0.3) is 0 Å². The Morgan fingerprint density at radius 2 is 1.75 bits per heavy atom. The van der Waals surface area contributed by atoms with Gasteiger partial charge in [-0.3, -0.25) is 9.52 Å². The van der Waals surface area contributed by atoms with E-state index in [9.17, 15) is 13.2 Å². The SMILES string of the molecule is COc1ccccc1S(=O)(=O)Nc1ccccc1C(=O)NC1CC1. The number of benzene rings is 2. The van der Waals surface area contributed by atoms with Crippen molar-refractivity contribution < 1.29 is 17.9 Å². The van der Waals surface area contributed by atoms with Gasteiger partial charge in [0.05, 0.1) is 18.4 Å². The molecule has 2 aromatic rings. The third kappa shape index (κ3) is 3.51. The molecule has 2 N–H and O–H groups in total. The van der Waals surface area contributed by atoms with Crippen LogP contribution in [0.3, 0.4) is 0 Å². The third-order valence-electron chi connectivity index (χ3n) is 3.69. The fourth-order valence-electron chi connectivity index (χ4n) is 2.30. The van der Waals surface area contributed by atoms with E-state index < -0.39 is 10.0 Å². The second kappa shape index (κ2) is 6.52. The predicted octanol–water partition coefficient (Wildman–Crippen LogP) is 2.39. The summed E-state index contributed by atoms with van der Waals surface area (Å²) in [6.07, 6.45) is 1.92. The molecule has 0 heterocycles. The highest BCUT2D eigenvalue weighted by atomic mass is 32.2. The minimum Gasteiger partial charge on any atom is -0.495 e. The van der Waals surface area contributed by atoms with Crippen molar-refractivity contribution in [2.75, 3.05) is 11.8 Å². The van der Waals surface area contributed by atoms with Crippen LogP contribution in [-0.2, 0) is 10.0 Å². The largest absolute Gasteiger partial charge is 0.495 e. The maximum Gasteiger partial charge on any atom is 0.265 e. The fraction of sp³-hybridized carbons (Fsp3) is 0.235. The van der Waals surface area contributed by atoms with Crippen LogP contribution >= 0.6 is 0 Å². The highest BCUT2D eigenvalue weighted by Gasteiger charge is 2.26. The smallest absolute Gasteiger partial charge is 0.265 e. The third-order valence-corrected chi connectivity index (χ3v) is 5.09. The van der Waals surface area contributed by atoms with Gasteiger partial charge in [0.25, 0.3) is 15.9 Å². The van der Waals surface area contributed by atoms with Crippen LogP contribution in [0.2, 0.25) is 0 Å². The van der Waals surface area contributed by atoms with Crippen LogP contribution < -0.4 is 14.8 Å². The lowest BCUT2D eigenvalue weighted by atomic mass is 10.1. The normalized spacial score (nSPS) is 14.0. The average Bonchev–Trinajstić information content (AvgIpc) is 3.39. The Morgan fingerprint density at radius 1 is 1.08 bits per heavy atom. The Morgan fingerprint density at radius 3 is 2.46 bits per heavy atom. The molecule has 1 fully saturated rings. The summed E-state index contributed by atoms with van der Waals surface area (Å²) in [4.78, 5) is 12.3. The summed E-state index contributed by atoms with van der Waals surface area (Å²) in [6, 6.07) is 13.0. The molecule has 1 saturated carbocycles. The molecule has 2 aromatic carbocycles. The standard InChI is InChI=1S/C17H18N2O4S/c1-23-15-8-4-5-9-16(15)24(21,22)19-14-7-3-2-6-13(14)17(20)18-12-10-11-12/h2-9,12,19H,10-11H2,1H3,(H,18,20). The van der Waals surface area contributed by atoms with Gasteiger partial charge in [-0.2, -0.15) is 0 Å². The van der Waals surface area contributed by atoms with Gasteiger partial charge in [-0.15, -0.1) is 0 Å². The number of hydrogen-bond acceptors (Lipinski definition) is 4. The molecule has 0 saturated heterocycles. The molecule has 7 heteroatoms. The van der Waals surface area contributed by atoms with Crippen molar-refractivity contribution in [2.24, 2.45) is 0 Å². The van der Waals surface area contributed by atoms with Crippen LogP contribution in [0.1, 0.15) is 23.2 Å². The zero-order chi connectivity index (χ0) is 17.2. The zero-order valence-electron chi connectivity index (χ0n) is 13.2. The fourth-order valence-corrected chi connectivity index (χ4v) is 3.55. The molecular formula is C17H18N2O4S. The monoisotopic (exact) mass is 346 g/mol. The summed E-state index contributed by atoms with van der Waals surface area (Å²) >= 11 is 0. The van der Waals surface area contributed by atoms with Gasteiger partial charge in [0, 0.05) is 6.04 Å². The van der Waals surface area contributed by atoms with E-state index in [0.29, 0.717) is 5.56 Å². The second-order valence-electron chi connectivity index (χ2n) is 5.55. The molecule has 1 aliphatic rings. The number of rotatable bonds is 6. The van der Waals surface area contributed by atoms with Crippen LogP contribution in [0.4, 0.5) is 5.69 Å². The van der Waals surface area contributed by atoms with E-state index in [1.54, 1.807) is 42.5 Å². The zero-order valence-corrected chi connectivity index (χ0v) is 14.0. The maximum absolute atomic E-state index is 12.7. The van der Waals surface area contributed by atoms with Crippen molar-refractivity contribution in [3.05, 3.63) is 54.1 Å². The van der Waals surface area contributed by atoms with Gasteiger partial charge >= 0.3 is 0 Å². The molecule has 0 bridgehead atoms. The van der Waals surface area contributed by atoms with Crippen molar-refractivity contribution in [2.45, 2.75) is 23.8 Å². The van der Waals surface area contributed by atoms with Gasteiger partial charge in [-0.25, -0.2) is 8.42 Å². The van der Waals surface area contributed by atoms with E-state index in [2.05, 4.69) is 10.0 Å². The van der Waals surface area contributed by atoms with Crippen LogP contribution in [0.5, 0.6) is 5.75 Å². The minimum atomic E-state index is -3.88. The van der Waals surface area contributed by atoms with Gasteiger partial charge in [0.2, 0.25) is 0 Å². The number of nitrogens with one attached hydrogen (secondary N) is 2. The topological polar surface area (TPSA) is 84.5 Å². The molecule has 6 nitrogen and oxygen atoms in total. The van der Waals surface area contributed by atoms with Gasteiger partial charge in [0.15, 0.2) is 0 Å². The Labute approximate surface area is 140 Å². The van der Waals surface area contributed by atoms with Gasteiger partial charge in [-0.05, 0) is 37.1 Å². The predicted molar refractivity (Wildman–Crippen MR) is 90.7 cm³/mol. The molecule has 126 valence electrons. The molecule has 1 amide bonds. The average molecular weight is 346 g/mol. The first kappa shape index (κ1) is 16.3. The van der Waals surface area contributed by atoms with Gasteiger partial charge in [0.1, 0.15) is 10.6 Å². The number of carbonyl (C=O) groups is 1. The minimum absolute atomic E-state index is 0.0184. The molecule has 0 aliphatic heterocycles. The Kier molecular flexibility index (Phi) is 4.44. The Bertz CT molecular complexity index is 860. The molecule has 0 atom stereocenters. The molecular weight excluding hydrogens is 328 g/mol. The summed E-state index contributed by atoms with van der Waals surface area (Å²) in [6.45, 7) is 0. The summed E-state index contributed by atoms with van der Waals surface area (Å²) in [5, 5.41) is 2.86. The van der Waals surface area contributed by atoms with Crippen LogP contribution in [0.15, 0.2) is 53.4 Å². The first-order valence-corrected chi connectivity index (χ1v) is 9.05. The molecule has 1 aliphatic carbocycles. The highest BCUT2D eigenvalue weighted by molar-refractivity contribution is 7.92. The lowest BCUT2D eigenvalue weighted by molar-refractivity contribution is 0.0952. The van der Waals surface area contributed by atoms with E-state index in [-0.39, 0.29) is 28.3 Å². The number of anilines is 1. The van der Waals surface area contributed by atoms with Crippen molar-refractivity contribution in [3.63, 3.8) is 0 Å². The van der Waals surface area contributed by atoms with E-state index in [1.807, 2.05) is 0 Å². The molecule has 0 radical (unpaired) electrons. The van der Waals surface area contributed by atoms with Crippen molar-refractivity contribution >= 4 is 21.6 Å². The quantitative estimate of drug-likeness (QED) is 0.841. The number of methoxy groups -OCH3 is 1. The number of para-hydroxylation sites is 2. The van der Waals surface area contributed by atoms with Crippen LogP contribution in [0, 0.1) is 0 Å². The maximum atomic E-state index is 12.7. The van der Waals surface area contributed by atoms with E-state index in [0.717, 1.165) is 12.8 Å². The summed E-state index contributed by atoms with van der Waals surface area (Å²) < 4.78 is 32.9. The summed E-state index contributed by atoms with van der Waals surface area (Å²) in [5.74, 6) is -0.0410. The van der Waals surface area contributed by atoms with Crippen molar-refractivity contribution in [1.29, 1.82) is 0 Å². The van der Waals surface area contributed by atoms with Crippen LogP contribution in [-0.4, -0.2) is 27.5 Å². The van der Waals surface area contributed by atoms with Crippen molar-refractivity contribution in [1.82, 2.24) is 5.32 Å². The number of amides is 1. The van der Waals surface area contributed by atoms with Gasteiger partial charge < -0.3 is 10.1 Å². The Hall–Kier alpha value is -2.54. The summed E-state index contributed by atoms with van der Waals surface area (Å²) in [7, 11) is -2.47. The molecule has 24 heavy (non-hydrogen) atoms. The molecule has 0 aromatic heterocycles.